The zero-order chi connectivity index (χ0) is 6.41. The number of amidine groups is 1. The third-order valence-corrected chi connectivity index (χ3v) is 0.602. The summed E-state index contributed by atoms with van der Waals surface area (Å²) in [7, 11) is 1.66. The van der Waals surface area contributed by atoms with Gasteiger partial charge in [0.15, 0.2) is 0 Å². The lowest BCUT2D eigenvalue weighted by molar-refractivity contribution is 1.13. The number of nitrogens with two attached hydrogens (primary N) is 1. The summed E-state index contributed by atoms with van der Waals surface area (Å²) in [6.07, 6.45) is 1.53. The van der Waals surface area contributed by atoms with E-state index in [2.05, 4.69) is 9.98 Å². The van der Waals surface area contributed by atoms with E-state index in [1.807, 2.05) is 6.92 Å². The van der Waals surface area contributed by atoms with Gasteiger partial charge in [0.25, 0.3) is 0 Å². The highest BCUT2D eigenvalue weighted by Crippen LogP contribution is 1.65. The van der Waals surface area contributed by atoms with Gasteiger partial charge < -0.3 is 5.73 Å². The molecule has 0 amide bonds. The van der Waals surface area contributed by atoms with Crippen molar-refractivity contribution in [3.63, 3.8) is 0 Å². The van der Waals surface area contributed by atoms with Crippen molar-refractivity contribution in [2.24, 2.45) is 15.7 Å². The molecule has 3 nitrogen and oxygen atoms in total. The Morgan fingerprint density at radius 2 is 2.38 bits per heavy atom. The largest absolute Gasteiger partial charge is 0.383 e. The lowest BCUT2D eigenvalue weighted by Gasteiger charge is -1.85. The average Bonchev–Trinajstić information content (AvgIpc) is 1.68. The number of rotatable bonds is 2. The molecule has 0 aromatic rings. The Morgan fingerprint density at radius 3 is 2.75 bits per heavy atom. The van der Waals surface area contributed by atoms with Crippen LogP contribution in [0.5, 0.6) is 0 Å². The van der Waals surface area contributed by atoms with E-state index >= 15 is 0 Å². The molecule has 0 aliphatic carbocycles. The molecule has 0 spiro atoms. The molecule has 0 aliphatic rings. The first-order chi connectivity index (χ1) is 3.81. The molecule has 0 unspecified atom stereocenters. The van der Waals surface area contributed by atoms with Gasteiger partial charge >= 0.3 is 0 Å². The summed E-state index contributed by atoms with van der Waals surface area (Å²) in [5.41, 5.74) is 5.30. The molecule has 2 N–H and O–H groups in total. The Bertz CT molecular complexity index is 104. The minimum Gasteiger partial charge on any atom is -0.383 e. The zero-order valence-corrected chi connectivity index (χ0v) is 5.26. The molecule has 0 atom stereocenters. The van der Waals surface area contributed by atoms with Crippen LogP contribution in [0.15, 0.2) is 9.98 Å². The van der Waals surface area contributed by atoms with Crippen molar-refractivity contribution >= 4 is 12.1 Å². The fraction of sp³-hybridized carbons (Fsp3) is 0.600. The van der Waals surface area contributed by atoms with Crippen LogP contribution in [0, 0.1) is 0 Å². The SMILES string of the molecule is CCN=C(N)C=NC. The number of hydrogen-bond donors (Lipinski definition) is 1. The van der Waals surface area contributed by atoms with E-state index in [9.17, 15) is 0 Å². The van der Waals surface area contributed by atoms with Crippen LogP contribution in [-0.4, -0.2) is 25.6 Å². The van der Waals surface area contributed by atoms with Crippen molar-refractivity contribution in [1.29, 1.82) is 0 Å². The average molecular weight is 113 g/mol. The molecule has 0 aromatic heterocycles. The molecule has 3 heteroatoms. The van der Waals surface area contributed by atoms with Gasteiger partial charge in [-0.3, -0.25) is 9.98 Å². The van der Waals surface area contributed by atoms with Crippen LogP contribution in [-0.2, 0) is 0 Å². The maximum Gasteiger partial charge on any atom is 0.136 e. The second-order valence-corrected chi connectivity index (χ2v) is 1.29. The molecule has 0 rings (SSSR count). The summed E-state index contributed by atoms with van der Waals surface area (Å²) in [5, 5.41) is 0. The van der Waals surface area contributed by atoms with Gasteiger partial charge in [-0.15, -0.1) is 0 Å². The Labute approximate surface area is 49.3 Å². The van der Waals surface area contributed by atoms with Gasteiger partial charge in [-0.1, -0.05) is 0 Å². The minimum absolute atomic E-state index is 0.495. The van der Waals surface area contributed by atoms with Crippen molar-refractivity contribution < 1.29 is 0 Å². The van der Waals surface area contributed by atoms with Gasteiger partial charge in [0, 0.05) is 13.6 Å². The van der Waals surface area contributed by atoms with E-state index in [1.54, 1.807) is 7.05 Å². The smallest absolute Gasteiger partial charge is 0.136 e. The Kier molecular flexibility index (Phi) is 3.84. The molecule has 0 saturated carbocycles. The molecular formula is C5H11N3. The van der Waals surface area contributed by atoms with Crippen LogP contribution in [0.25, 0.3) is 0 Å². The van der Waals surface area contributed by atoms with Gasteiger partial charge in [0.05, 0.1) is 6.21 Å². The molecule has 8 heavy (non-hydrogen) atoms. The van der Waals surface area contributed by atoms with Gasteiger partial charge in [-0.2, -0.15) is 0 Å². The van der Waals surface area contributed by atoms with Crippen LogP contribution in [0.4, 0.5) is 0 Å². The van der Waals surface area contributed by atoms with Crippen molar-refractivity contribution in [3.05, 3.63) is 0 Å². The zero-order valence-electron chi connectivity index (χ0n) is 5.26. The summed E-state index contributed by atoms with van der Waals surface area (Å²) in [6, 6.07) is 0. The number of aliphatic imine (C=N–C) groups is 2. The molecule has 0 fully saturated rings. The fourth-order valence-electron chi connectivity index (χ4n) is 0.356. The van der Waals surface area contributed by atoms with Gasteiger partial charge in [0.2, 0.25) is 0 Å². The summed E-state index contributed by atoms with van der Waals surface area (Å²) >= 11 is 0. The third-order valence-electron chi connectivity index (χ3n) is 0.602. The molecule has 0 bridgehead atoms. The Morgan fingerprint density at radius 1 is 1.75 bits per heavy atom. The molecular weight excluding hydrogens is 102 g/mol. The monoisotopic (exact) mass is 113 g/mol. The maximum atomic E-state index is 5.30. The first kappa shape index (κ1) is 7.14. The highest BCUT2D eigenvalue weighted by Gasteiger charge is 1.77. The highest BCUT2D eigenvalue weighted by atomic mass is 14.9. The Hall–Kier alpha value is -0.860. The molecule has 0 aromatic carbocycles. The Balaban J connectivity index is 3.61. The van der Waals surface area contributed by atoms with Gasteiger partial charge in [-0.25, -0.2) is 0 Å². The van der Waals surface area contributed by atoms with E-state index in [1.165, 1.54) is 6.21 Å². The minimum atomic E-state index is 0.495. The fourth-order valence-corrected chi connectivity index (χ4v) is 0.356. The van der Waals surface area contributed by atoms with Crippen molar-refractivity contribution in [1.82, 2.24) is 0 Å². The molecule has 0 saturated heterocycles. The highest BCUT2D eigenvalue weighted by molar-refractivity contribution is 6.28. The second-order valence-electron chi connectivity index (χ2n) is 1.29. The lowest BCUT2D eigenvalue weighted by atomic mass is 10.6. The summed E-state index contributed by atoms with van der Waals surface area (Å²) in [4.78, 5) is 7.53. The van der Waals surface area contributed by atoms with E-state index in [0.29, 0.717) is 5.84 Å². The van der Waals surface area contributed by atoms with E-state index < -0.39 is 0 Å². The van der Waals surface area contributed by atoms with Crippen LogP contribution in [0.1, 0.15) is 6.92 Å². The summed E-state index contributed by atoms with van der Waals surface area (Å²) < 4.78 is 0. The normalized spacial score (nSPS) is 13.0. The second kappa shape index (κ2) is 4.30. The van der Waals surface area contributed by atoms with Crippen LogP contribution in [0.3, 0.4) is 0 Å². The van der Waals surface area contributed by atoms with Gasteiger partial charge in [0.1, 0.15) is 5.84 Å². The standard InChI is InChI=1S/C5H11N3/c1-3-8-5(6)4-7-2/h4H,3H2,1-2H3,(H2,6,8). The molecule has 0 aliphatic heterocycles. The van der Waals surface area contributed by atoms with E-state index in [-0.39, 0.29) is 0 Å². The van der Waals surface area contributed by atoms with Crippen molar-refractivity contribution in [3.8, 4) is 0 Å². The predicted molar refractivity (Wildman–Crippen MR) is 36.6 cm³/mol. The quantitative estimate of drug-likeness (QED) is 0.399. The first-order valence-electron chi connectivity index (χ1n) is 2.53. The van der Waals surface area contributed by atoms with E-state index in [4.69, 9.17) is 5.73 Å². The maximum absolute atomic E-state index is 5.30. The topological polar surface area (TPSA) is 50.7 Å². The third kappa shape index (κ3) is 3.33. The summed E-state index contributed by atoms with van der Waals surface area (Å²) in [6.45, 7) is 2.65. The van der Waals surface area contributed by atoms with Crippen LogP contribution in [0.2, 0.25) is 0 Å². The van der Waals surface area contributed by atoms with Crippen LogP contribution >= 0.6 is 0 Å². The van der Waals surface area contributed by atoms with Crippen molar-refractivity contribution in [2.75, 3.05) is 13.6 Å². The van der Waals surface area contributed by atoms with Crippen LogP contribution < -0.4 is 5.73 Å². The number of nitrogens with zero attached hydrogens (tertiary/aromatic N) is 2. The van der Waals surface area contributed by atoms with E-state index in [0.717, 1.165) is 6.54 Å². The molecule has 0 radical (unpaired) electrons. The lowest BCUT2D eigenvalue weighted by Crippen LogP contribution is -2.12. The first-order valence-corrected chi connectivity index (χ1v) is 2.53. The molecule has 46 valence electrons. The summed E-state index contributed by atoms with van der Waals surface area (Å²) in [5.74, 6) is 0.495. The number of hydrogen-bond acceptors (Lipinski definition) is 2. The van der Waals surface area contributed by atoms with Crippen molar-refractivity contribution in [2.45, 2.75) is 6.92 Å². The van der Waals surface area contributed by atoms with Gasteiger partial charge in [-0.05, 0) is 6.92 Å². The molecule has 0 heterocycles. The predicted octanol–water partition coefficient (Wildman–Crippen LogP) is 0.0641.